The number of carbonyl (C=O) groups is 2. The predicted molar refractivity (Wildman–Crippen MR) is 167 cm³/mol. The normalized spacial score (nSPS) is 19.2. The maximum absolute atomic E-state index is 15.7. The summed E-state index contributed by atoms with van der Waals surface area (Å²) in [6, 6.07) is 23.9. The van der Waals surface area contributed by atoms with Crippen molar-refractivity contribution < 1.29 is 42.8 Å². The van der Waals surface area contributed by atoms with Crippen LogP contribution in [0.4, 0.5) is 10.2 Å². The van der Waals surface area contributed by atoms with Crippen LogP contribution in [0.5, 0.6) is 11.5 Å². The Morgan fingerprint density at radius 2 is 1.49 bits per heavy atom. The van der Waals surface area contributed by atoms with Gasteiger partial charge in [-0.25, -0.2) is 14.0 Å². The average Bonchev–Trinajstić information content (AvgIpc) is 3.37. The molecule has 0 aliphatic carbocycles. The fourth-order valence-corrected chi connectivity index (χ4v) is 5.52. The Morgan fingerprint density at radius 3 is 2.00 bits per heavy atom. The van der Waals surface area contributed by atoms with E-state index in [0.717, 1.165) is 23.4 Å². The summed E-state index contributed by atoms with van der Waals surface area (Å²) in [5.74, 6) is -0.638. The fraction of sp³-hybridized carbons (Fsp3) is 0.294. The van der Waals surface area contributed by atoms with Gasteiger partial charge in [0.15, 0.2) is 18.2 Å². The third kappa shape index (κ3) is 6.59. The highest BCUT2D eigenvalue weighted by Crippen LogP contribution is 2.43. The lowest BCUT2D eigenvalue weighted by Gasteiger charge is -2.37. The molecular formula is C34H34FN3O9. The van der Waals surface area contributed by atoms with Crippen molar-refractivity contribution in [2.45, 2.75) is 37.1 Å². The monoisotopic (exact) mass is 647 g/mol. The SMILES string of the molecule is COC(=O)c1cn([C@@H]2O[C@H](COC(c3ccccc3)(c3ccc(OC)cc3)c3ccc(OC)cc3)[C@@H](O)[C@@H]2F)c(=O)nc1NC(C)=O. The van der Waals surface area contributed by atoms with Gasteiger partial charge in [0, 0.05) is 13.1 Å². The van der Waals surface area contributed by atoms with E-state index in [9.17, 15) is 19.5 Å². The molecule has 4 aromatic rings. The lowest BCUT2D eigenvalue weighted by molar-refractivity contribution is -0.114. The van der Waals surface area contributed by atoms with Gasteiger partial charge in [-0.2, -0.15) is 4.98 Å². The quantitative estimate of drug-likeness (QED) is 0.183. The first-order valence-corrected chi connectivity index (χ1v) is 14.6. The highest BCUT2D eigenvalue weighted by atomic mass is 19.1. The summed E-state index contributed by atoms with van der Waals surface area (Å²) >= 11 is 0. The lowest BCUT2D eigenvalue weighted by atomic mass is 9.80. The Labute approximate surface area is 269 Å². The van der Waals surface area contributed by atoms with Crippen LogP contribution in [0.1, 0.15) is 40.2 Å². The molecule has 1 amide bonds. The van der Waals surface area contributed by atoms with E-state index in [2.05, 4.69) is 10.3 Å². The molecule has 2 heterocycles. The number of rotatable bonds is 11. The Morgan fingerprint density at radius 1 is 0.936 bits per heavy atom. The number of hydrogen-bond donors (Lipinski definition) is 2. The van der Waals surface area contributed by atoms with Gasteiger partial charge < -0.3 is 34.1 Å². The number of aromatic nitrogens is 2. The second kappa shape index (κ2) is 14.1. The molecule has 0 saturated carbocycles. The molecule has 13 heteroatoms. The molecule has 1 aromatic heterocycles. The van der Waals surface area contributed by atoms with Gasteiger partial charge in [-0.05, 0) is 41.0 Å². The van der Waals surface area contributed by atoms with E-state index in [0.29, 0.717) is 22.6 Å². The Balaban J connectivity index is 1.54. The maximum atomic E-state index is 15.7. The van der Waals surface area contributed by atoms with Gasteiger partial charge in [0.2, 0.25) is 5.91 Å². The number of halogens is 1. The van der Waals surface area contributed by atoms with Crippen LogP contribution in [0.25, 0.3) is 0 Å². The van der Waals surface area contributed by atoms with E-state index >= 15 is 4.39 Å². The molecule has 3 aromatic carbocycles. The molecule has 1 saturated heterocycles. The Hall–Kier alpha value is -5.11. The number of anilines is 1. The number of esters is 1. The van der Waals surface area contributed by atoms with Crippen molar-refractivity contribution >= 4 is 17.7 Å². The Bertz CT molecular complexity index is 1720. The smallest absolute Gasteiger partial charge is 0.351 e. The number of aliphatic hydroxyl groups is 1. The predicted octanol–water partition coefficient (Wildman–Crippen LogP) is 3.61. The van der Waals surface area contributed by atoms with E-state index in [4.69, 9.17) is 23.7 Å². The standard InChI is InChI=1S/C34H34FN3O9/c1-20(39)36-30-26(32(41)45-4)18-38(33(42)37-30)31-28(35)29(40)27(47-31)19-46-34(21-8-6-5-7-9-21,22-10-14-24(43-2)15-11-22)23-12-16-25(44-3)17-13-23/h5-18,27-29,31,40H,19H2,1-4H3,(H,36,37,39,42)/t27-,28+,29-,31-/m1/s1. The summed E-state index contributed by atoms with van der Waals surface area (Å²) in [4.78, 5) is 40.8. The van der Waals surface area contributed by atoms with Crippen LogP contribution in [0.3, 0.4) is 0 Å². The van der Waals surface area contributed by atoms with Crippen molar-refractivity contribution in [1.29, 1.82) is 0 Å². The Kier molecular flexibility index (Phi) is 9.99. The number of methoxy groups -OCH3 is 3. The van der Waals surface area contributed by atoms with Gasteiger partial charge in [0.05, 0.1) is 27.9 Å². The summed E-state index contributed by atoms with van der Waals surface area (Å²) < 4.78 is 44.6. The van der Waals surface area contributed by atoms with Gasteiger partial charge >= 0.3 is 11.7 Å². The second-order valence-corrected chi connectivity index (χ2v) is 10.7. The van der Waals surface area contributed by atoms with Crippen molar-refractivity contribution in [2.75, 3.05) is 33.3 Å². The number of nitrogens with zero attached hydrogens (tertiary/aromatic N) is 2. The van der Waals surface area contributed by atoms with Crippen LogP contribution in [-0.2, 0) is 24.6 Å². The highest BCUT2D eigenvalue weighted by molar-refractivity contribution is 5.99. The molecule has 0 radical (unpaired) electrons. The minimum atomic E-state index is -2.12. The molecule has 2 N–H and O–H groups in total. The maximum Gasteiger partial charge on any atom is 0.351 e. The third-order valence-electron chi connectivity index (χ3n) is 7.86. The zero-order valence-corrected chi connectivity index (χ0v) is 26.1. The van der Waals surface area contributed by atoms with E-state index in [1.54, 1.807) is 38.5 Å². The summed E-state index contributed by atoms with van der Waals surface area (Å²) in [7, 11) is 4.22. The van der Waals surface area contributed by atoms with Crippen LogP contribution in [0.15, 0.2) is 89.9 Å². The second-order valence-electron chi connectivity index (χ2n) is 10.7. The zero-order chi connectivity index (χ0) is 33.7. The molecular weight excluding hydrogens is 613 g/mol. The van der Waals surface area contributed by atoms with Crippen molar-refractivity contribution in [2.24, 2.45) is 0 Å². The van der Waals surface area contributed by atoms with Gasteiger partial charge in [0.1, 0.15) is 34.9 Å². The number of hydrogen-bond acceptors (Lipinski definition) is 10. The average molecular weight is 648 g/mol. The number of nitrogens with one attached hydrogen (secondary N) is 1. The van der Waals surface area contributed by atoms with Gasteiger partial charge in [-0.1, -0.05) is 54.6 Å². The van der Waals surface area contributed by atoms with E-state index in [1.165, 1.54) is 6.92 Å². The number of alkyl halides is 1. The summed E-state index contributed by atoms with van der Waals surface area (Å²) in [5, 5.41) is 13.3. The minimum Gasteiger partial charge on any atom is -0.497 e. The van der Waals surface area contributed by atoms with E-state index in [1.807, 2.05) is 54.6 Å². The van der Waals surface area contributed by atoms with Crippen LogP contribution in [0.2, 0.25) is 0 Å². The van der Waals surface area contributed by atoms with E-state index in [-0.39, 0.29) is 18.0 Å². The third-order valence-corrected chi connectivity index (χ3v) is 7.86. The van der Waals surface area contributed by atoms with E-state index < -0.39 is 47.8 Å². The number of carbonyl (C=O) groups excluding carboxylic acids is 2. The van der Waals surface area contributed by atoms with Crippen molar-refractivity contribution in [3.8, 4) is 11.5 Å². The molecule has 12 nitrogen and oxygen atoms in total. The van der Waals surface area contributed by atoms with Crippen molar-refractivity contribution in [3.63, 3.8) is 0 Å². The highest BCUT2D eigenvalue weighted by Gasteiger charge is 2.48. The summed E-state index contributed by atoms with van der Waals surface area (Å²) in [5.41, 5.74) is -0.497. The first-order valence-electron chi connectivity index (χ1n) is 14.6. The number of ether oxygens (including phenoxy) is 5. The fourth-order valence-electron chi connectivity index (χ4n) is 5.52. The molecule has 1 aliphatic rings. The molecule has 5 rings (SSSR count). The lowest BCUT2D eigenvalue weighted by Crippen LogP contribution is -2.39. The van der Waals surface area contributed by atoms with Gasteiger partial charge in [-0.15, -0.1) is 0 Å². The van der Waals surface area contributed by atoms with Crippen LogP contribution in [-0.4, -0.2) is 72.8 Å². The molecule has 4 atom stereocenters. The van der Waals surface area contributed by atoms with Gasteiger partial charge in [0.25, 0.3) is 0 Å². The molecule has 246 valence electrons. The summed E-state index contributed by atoms with van der Waals surface area (Å²) in [6.45, 7) is 0.835. The van der Waals surface area contributed by atoms with Crippen molar-refractivity contribution in [3.05, 3.63) is 118 Å². The van der Waals surface area contributed by atoms with Crippen LogP contribution < -0.4 is 20.5 Å². The zero-order valence-electron chi connectivity index (χ0n) is 26.1. The molecule has 1 aliphatic heterocycles. The molecule has 0 unspecified atom stereocenters. The first kappa shape index (κ1) is 33.3. The summed E-state index contributed by atoms with van der Waals surface area (Å²) in [6.07, 6.45) is -5.82. The number of benzene rings is 3. The molecule has 1 fully saturated rings. The molecule has 47 heavy (non-hydrogen) atoms. The number of aliphatic hydroxyl groups excluding tert-OH is 1. The van der Waals surface area contributed by atoms with Crippen LogP contribution >= 0.6 is 0 Å². The first-order chi connectivity index (χ1) is 22.6. The number of amides is 1. The van der Waals surface area contributed by atoms with Gasteiger partial charge in [-0.3, -0.25) is 9.36 Å². The molecule has 0 bridgehead atoms. The largest absolute Gasteiger partial charge is 0.497 e. The topological polar surface area (TPSA) is 147 Å². The van der Waals surface area contributed by atoms with Crippen molar-refractivity contribution in [1.82, 2.24) is 9.55 Å². The molecule has 0 spiro atoms. The minimum absolute atomic E-state index is 0.311. The van der Waals surface area contributed by atoms with Crippen LogP contribution in [0, 0.1) is 0 Å².